The Morgan fingerprint density at radius 3 is 2.53 bits per heavy atom. The van der Waals surface area contributed by atoms with Crippen LogP contribution in [0.4, 0.5) is 4.79 Å². The molecule has 2 N–H and O–H groups in total. The number of benzene rings is 1. The number of nitrogens with zero attached hydrogens (tertiary/aromatic N) is 3. The van der Waals surface area contributed by atoms with Gasteiger partial charge < -0.3 is 14.8 Å². The van der Waals surface area contributed by atoms with E-state index in [4.69, 9.17) is 9.47 Å². The molecule has 1 atom stereocenters. The second kappa shape index (κ2) is 11.2. The maximum atomic E-state index is 12.5. The smallest absolute Gasteiger partial charge is 0.321 e. The summed E-state index contributed by atoms with van der Waals surface area (Å²) < 4.78 is 13.0. The molecule has 0 saturated heterocycles. The minimum absolute atomic E-state index is 0.253. The first-order chi connectivity index (χ1) is 15.5. The fraction of sp³-hybridized carbons (Fsp3) is 0.545. The number of aromatic nitrogens is 3. The topological polar surface area (TPSA) is 107 Å². The van der Waals surface area contributed by atoms with E-state index in [-0.39, 0.29) is 11.9 Å². The number of carbonyl (C=O) groups excluding carboxylic acids is 2. The summed E-state index contributed by atoms with van der Waals surface area (Å²) in [7, 11) is 3.20. The Kier molecular flexibility index (Phi) is 8.38. The Morgan fingerprint density at radius 1 is 1.16 bits per heavy atom. The molecule has 0 bridgehead atoms. The number of imide groups is 1. The van der Waals surface area contributed by atoms with Crippen molar-refractivity contribution in [3.8, 4) is 22.9 Å². The van der Waals surface area contributed by atoms with E-state index >= 15 is 0 Å². The second-order valence-corrected chi connectivity index (χ2v) is 8.95. The molecule has 1 unspecified atom stereocenters. The van der Waals surface area contributed by atoms with Crippen LogP contribution in [0.15, 0.2) is 23.4 Å². The average Bonchev–Trinajstić information content (AvgIpc) is 3.22. The quantitative estimate of drug-likeness (QED) is 0.576. The summed E-state index contributed by atoms with van der Waals surface area (Å²) in [6.07, 6.45) is 5.58. The maximum absolute atomic E-state index is 12.5. The Bertz CT molecular complexity index is 942. The van der Waals surface area contributed by atoms with Gasteiger partial charge >= 0.3 is 6.03 Å². The van der Waals surface area contributed by atoms with Crippen molar-refractivity contribution in [1.82, 2.24) is 25.4 Å². The van der Waals surface area contributed by atoms with Gasteiger partial charge in [-0.15, -0.1) is 10.2 Å². The molecule has 0 radical (unpaired) electrons. The molecule has 1 aromatic carbocycles. The third-order valence-electron chi connectivity index (χ3n) is 5.47. The summed E-state index contributed by atoms with van der Waals surface area (Å²) in [5.74, 6) is 1.63. The maximum Gasteiger partial charge on any atom is 0.321 e. The Labute approximate surface area is 192 Å². The molecule has 1 aliphatic rings. The summed E-state index contributed by atoms with van der Waals surface area (Å²) >= 11 is 1.31. The number of ether oxygens (including phenoxy) is 2. The normalized spacial score (nSPS) is 15.1. The minimum Gasteiger partial charge on any atom is -0.493 e. The molecule has 1 fully saturated rings. The zero-order valence-corrected chi connectivity index (χ0v) is 19.8. The molecule has 10 heteroatoms. The van der Waals surface area contributed by atoms with Crippen LogP contribution in [0.25, 0.3) is 11.4 Å². The number of methoxy groups -OCH3 is 2. The van der Waals surface area contributed by atoms with Crippen molar-refractivity contribution in [3.05, 3.63) is 18.2 Å². The third kappa shape index (κ3) is 5.53. The van der Waals surface area contributed by atoms with E-state index in [2.05, 4.69) is 25.4 Å². The van der Waals surface area contributed by atoms with Crippen molar-refractivity contribution < 1.29 is 19.1 Å². The van der Waals surface area contributed by atoms with E-state index in [1.807, 2.05) is 18.2 Å². The third-order valence-corrected chi connectivity index (χ3v) is 6.53. The molecule has 0 spiro atoms. The molecule has 2 aromatic rings. The van der Waals surface area contributed by atoms with Gasteiger partial charge in [-0.25, -0.2) is 4.79 Å². The largest absolute Gasteiger partial charge is 0.493 e. The van der Waals surface area contributed by atoms with Crippen LogP contribution in [-0.4, -0.2) is 52.7 Å². The van der Waals surface area contributed by atoms with Crippen LogP contribution < -0.4 is 20.1 Å². The number of hydrogen-bond donors (Lipinski definition) is 2. The van der Waals surface area contributed by atoms with Crippen LogP contribution in [0, 0.1) is 0 Å². The predicted molar refractivity (Wildman–Crippen MR) is 123 cm³/mol. The van der Waals surface area contributed by atoms with E-state index in [0.717, 1.165) is 37.1 Å². The predicted octanol–water partition coefficient (Wildman–Crippen LogP) is 3.79. The summed E-state index contributed by atoms with van der Waals surface area (Å²) in [4.78, 5) is 24.2. The Balaban J connectivity index is 1.91. The molecule has 1 aliphatic carbocycles. The number of rotatable bonds is 8. The first-order valence-corrected chi connectivity index (χ1v) is 11.8. The molecule has 3 rings (SSSR count). The van der Waals surface area contributed by atoms with E-state index < -0.39 is 11.3 Å². The van der Waals surface area contributed by atoms with Crippen LogP contribution in [-0.2, 0) is 4.79 Å². The number of urea groups is 1. The van der Waals surface area contributed by atoms with Crippen molar-refractivity contribution >= 4 is 23.7 Å². The van der Waals surface area contributed by atoms with Crippen LogP contribution in [0.3, 0.4) is 0 Å². The zero-order valence-electron chi connectivity index (χ0n) is 19.0. The van der Waals surface area contributed by atoms with Crippen molar-refractivity contribution in [2.45, 2.75) is 62.4 Å². The molecule has 1 heterocycles. The molecule has 174 valence electrons. The Morgan fingerprint density at radius 2 is 1.88 bits per heavy atom. The lowest BCUT2D eigenvalue weighted by atomic mass is 9.95. The number of thioether (sulfide) groups is 1. The van der Waals surface area contributed by atoms with Crippen LogP contribution >= 0.6 is 11.8 Å². The van der Waals surface area contributed by atoms with Gasteiger partial charge in [0.2, 0.25) is 5.91 Å². The molecule has 0 aliphatic heterocycles. The lowest BCUT2D eigenvalue weighted by molar-refractivity contribution is -0.119. The van der Waals surface area contributed by atoms with E-state index in [0.29, 0.717) is 23.2 Å². The molecule has 1 saturated carbocycles. The first kappa shape index (κ1) is 23.9. The van der Waals surface area contributed by atoms with Crippen LogP contribution in [0.5, 0.6) is 11.5 Å². The summed E-state index contributed by atoms with van der Waals surface area (Å²) in [6, 6.07) is 5.43. The highest BCUT2D eigenvalue weighted by atomic mass is 32.2. The van der Waals surface area contributed by atoms with Gasteiger partial charge in [-0.1, -0.05) is 31.0 Å². The van der Waals surface area contributed by atoms with Gasteiger partial charge in [0.15, 0.2) is 22.5 Å². The highest BCUT2D eigenvalue weighted by Crippen LogP contribution is 2.38. The van der Waals surface area contributed by atoms with Crippen molar-refractivity contribution in [2.75, 3.05) is 20.8 Å². The molecule has 1 aromatic heterocycles. The van der Waals surface area contributed by atoms with Gasteiger partial charge in [-0.3, -0.25) is 14.7 Å². The molecule has 32 heavy (non-hydrogen) atoms. The van der Waals surface area contributed by atoms with Crippen LogP contribution in [0.2, 0.25) is 0 Å². The van der Waals surface area contributed by atoms with Gasteiger partial charge in [-0.05, 0) is 44.9 Å². The lowest BCUT2D eigenvalue weighted by Gasteiger charge is -2.26. The van der Waals surface area contributed by atoms with Gasteiger partial charge in [0.25, 0.3) is 0 Å². The number of hydrogen-bond acceptors (Lipinski definition) is 7. The fourth-order valence-electron chi connectivity index (χ4n) is 3.83. The average molecular weight is 462 g/mol. The SMILES string of the molecule is CCNC(=O)NC(=O)C(C)Sc1nnc(-c2ccc(OC)c(OC)c2)n1C1CCCCC1. The summed E-state index contributed by atoms with van der Waals surface area (Å²) in [6.45, 7) is 4.01. The van der Waals surface area contributed by atoms with E-state index in [9.17, 15) is 9.59 Å². The molecule has 9 nitrogen and oxygen atoms in total. The molecular formula is C22H31N5O4S. The highest BCUT2D eigenvalue weighted by molar-refractivity contribution is 8.00. The number of amides is 3. The number of carbonyl (C=O) groups is 2. The fourth-order valence-corrected chi connectivity index (χ4v) is 4.75. The monoisotopic (exact) mass is 461 g/mol. The highest BCUT2D eigenvalue weighted by Gasteiger charge is 2.27. The first-order valence-electron chi connectivity index (χ1n) is 10.9. The van der Waals surface area contributed by atoms with E-state index in [1.54, 1.807) is 28.1 Å². The van der Waals surface area contributed by atoms with Gasteiger partial charge in [0.05, 0.1) is 19.5 Å². The summed E-state index contributed by atoms with van der Waals surface area (Å²) in [5.41, 5.74) is 0.868. The van der Waals surface area contributed by atoms with Crippen molar-refractivity contribution in [2.24, 2.45) is 0 Å². The van der Waals surface area contributed by atoms with Gasteiger partial charge in [0, 0.05) is 18.2 Å². The van der Waals surface area contributed by atoms with Gasteiger partial charge in [-0.2, -0.15) is 0 Å². The van der Waals surface area contributed by atoms with Crippen LogP contribution in [0.1, 0.15) is 52.0 Å². The van der Waals surface area contributed by atoms with Crippen molar-refractivity contribution in [3.63, 3.8) is 0 Å². The summed E-state index contributed by atoms with van der Waals surface area (Å²) in [5, 5.41) is 14.0. The minimum atomic E-state index is -0.512. The van der Waals surface area contributed by atoms with Gasteiger partial charge in [0.1, 0.15) is 0 Å². The zero-order chi connectivity index (χ0) is 23.1. The van der Waals surface area contributed by atoms with Crippen molar-refractivity contribution in [1.29, 1.82) is 0 Å². The Hall–Kier alpha value is -2.75. The number of nitrogens with one attached hydrogen (secondary N) is 2. The molecular weight excluding hydrogens is 430 g/mol. The lowest BCUT2D eigenvalue weighted by Crippen LogP contribution is -2.42. The molecule has 3 amide bonds. The standard InChI is InChI=1S/C22H31N5O4S/c1-5-23-21(29)24-20(28)14(2)32-22-26-25-19(27(22)16-9-7-6-8-10-16)15-11-12-17(30-3)18(13-15)31-4/h11-14,16H,5-10H2,1-4H3,(H2,23,24,28,29). The second-order valence-electron chi connectivity index (χ2n) is 7.65. The van der Waals surface area contributed by atoms with E-state index in [1.165, 1.54) is 18.2 Å².